The van der Waals surface area contributed by atoms with Gasteiger partial charge in [-0.25, -0.2) is 9.59 Å². The zero-order valence-electron chi connectivity index (χ0n) is 20.7. The van der Waals surface area contributed by atoms with Gasteiger partial charge < -0.3 is 9.47 Å². The first-order valence-electron chi connectivity index (χ1n) is 12.0. The van der Waals surface area contributed by atoms with Gasteiger partial charge in [0.15, 0.2) is 0 Å². The molecule has 0 N–H and O–H groups in total. The summed E-state index contributed by atoms with van der Waals surface area (Å²) >= 11 is 0.299. The van der Waals surface area contributed by atoms with Gasteiger partial charge in [-0.2, -0.15) is 0 Å². The third-order valence-corrected chi connectivity index (χ3v) is 11.8. The molecule has 0 atom stereocenters. The number of ether oxygens (including phenoxy) is 2. The van der Waals surface area contributed by atoms with Crippen LogP contribution >= 0.6 is 0 Å². The standard InChI is InChI=1S/C8H12O4.4C4H9.2Sn/c1-3-11-7(9)5-6-8(10)12-4-2;4*1-3-4-2;;/h5-6H,3-4H2,1-2H3;4*1,3-4H2,2H3;;/b6-5-;;;;;;. The van der Waals surface area contributed by atoms with E-state index in [9.17, 15) is 9.59 Å². The van der Waals surface area contributed by atoms with Crippen molar-refractivity contribution >= 4 is 54.2 Å². The Balaban J connectivity index is -0.000000371. The number of carbonyl (C=O) groups is 2. The minimum absolute atomic E-state index is 0.149. The molecule has 0 fully saturated rings. The molecule has 0 unspecified atom stereocenters. The Morgan fingerprint density at radius 1 is 0.567 bits per heavy atom. The zero-order chi connectivity index (χ0) is 23.3. The summed E-state index contributed by atoms with van der Waals surface area (Å²) in [5.41, 5.74) is 0. The van der Waals surface area contributed by atoms with E-state index < -0.39 is 11.9 Å². The van der Waals surface area contributed by atoms with Crippen LogP contribution in [-0.2, 0) is 19.1 Å². The van der Waals surface area contributed by atoms with Crippen LogP contribution < -0.4 is 0 Å². The van der Waals surface area contributed by atoms with Crippen molar-refractivity contribution < 1.29 is 19.1 Å². The Kier molecular flexibility index (Phi) is 39.4. The van der Waals surface area contributed by atoms with Gasteiger partial charge in [-0.15, -0.1) is 0 Å². The van der Waals surface area contributed by atoms with E-state index in [-0.39, 0.29) is 42.3 Å². The topological polar surface area (TPSA) is 52.6 Å². The summed E-state index contributed by atoms with van der Waals surface area (Å²) in [5.74, 6) is -1.07. The molecular weight excluding hydrogens is 590 g/mol. The Labute approximate surface area is 208 Å². The Hall–Kier alpha value is 0.277. The van der Waals surface area contributed by atoms with E-state index in [2.05, 4.69) is 37.2 Å². The third kappa shape index (κ3) is 38.8. The van der Waals surface area contributed by atoms with Gasteiger partial charge >= 0.3 is 151 Å². The molecule has 0 saturated carbocycles. The summed E-state index contributed by atoms with van der Waals surface area (Å²) < 4.78 is 15.6. The van der Waals surface area contributed by atoms with Crippen molar-refractivity contribution in [3.8, 4) is 0 Å². The van der Waals surface area contributed by atoms with Gasteiger partial charge in [-0.05, 0) is 13.8 Å². The van der Waals surface area contributed by atoms with E-state index in [1.165, 1.54) is 51.4 Å². The first kappa shape index (κ1) is 34.9. The summed E-state index contributed by atoms with van der Waals surface area (Å²) in [5, 5.41) is 0. The van der Waals surface area contributed by atoms with Gasteiger partial charge in [-0.3, -0.25) is 0 Å². The molecular formula is C24H48O4Sn2. The molecule has 6 heteroatoms. The van der Waals surface area contributed by atoms with E-state index in [0.717, 1.165) is 12.2 Å². The molecule has 0 aliphatic rings. The molecule has 0 amide bonds. The van der Waals surface area contributed by atoms with E-state index >= 15 is 0 Å². The molecule has 176 valence electrons. The van der Waals surface area contributed by atoms with Crippen LogP contribution in [0.1, 0.15) is 92.9 Å². The van der Waals surface area contributed by atoms with Crippen molar-refractivity contribution in [2.24, 2.45) is 0 Å². The third-order valence-electron chi connectivity index (χ3n) is 3.76. The molecule has 0 spiro atoms. The second-order valence-corrected chi connectivity index (χ2v) is 15.3. The zero-order valence-corrected chi connectivity index (χ0v) is 26.4. The fraction of sp³-hybridized carbons (Fsp3) is 0.833. The predicted octanol–water partition coefficient (Wildman–Crippen LogP) is 6.92. The molecule has 0 heterocycles. The summed E-state index contributed by atoms with van der Waals surface area (Å²) in [6, 6.07) is 0. The first-order valence-corrected chi connectivity index (χ1v) is 20.0. The Morgan fingerprint density at radius 2 is 0.833 bits per heavy atom. The normalized spacial score (nSPS) is 9.93. The number of carbonyl (C=O) groups excluding carboxylic acids is 2. The number of unbranched alkanes of at least 4 members (excludes halogenated alkanes) is 4. The molecule has 0 aromatic rings. The van der Waals surface area contributed by atoms with Crippen molar-refractivity contribution in [2.45, 2.75) is 111 Å². The van der Waals surface area contributed by atoms with Crippen LogP contribution in [0.5, 0.6) is 0 Å². The molecule has 4 nitrogen and oxygen atoms in total. The van der Waals surface area contributed by atoms with Crippen molar-refractivity contribution in [2.75, 3.05) is 13.2 Å². The summed E-state index contributed by atoms with van der Waals surface area (Å²) in [7, 11) is 0. The monoisotopic (exact) mass is 640 g/mol. The fourth-order valence-corrected chi connectivity index (χ4v) is 10.3. The molecule has 4 radical (unpaired) electrons. The van der Waals surface area contributed by atoms with Crippen LogP contribution in [0.3, 0.4) is 0 Å². The smallest absolute Gasteiger partial charge is 0.330 e. The summed E-state index contributed by atoms with van der Waals surface area (Å²) in [6.07, 6.45) is 13.8. The molecule has 0 bridgehead atoms. The van der Waals surface area contributed by atoms with E-state index in [4.69, 9.17) is 0 Å². The average Bonchev–Trinajstić information content (AvgIpc) is 2.74. The number of rotatable bonds is 16. The van der Waals surface area contributed by atoms with Crippen LogP contribution in [0, 0.1) is 0 Å². The van der Waals surface area contributed by atoms with Gasteiger partial charge in [0.2, 0.25) is 0 Å². The maximum absolute atomic E-state index is 10.6. The number of hydrogen-bond donors (Lipinski definition) is 0. The van der Waals surface area contributed by atoms with E-state index in [1.54, 1.807) is 31.6 Å². The second-order valence-electron chi connectivity index (χ2n) is 6.75. The van der Waals surface area contributed by atoms with Crippen molar-refractivity contribution in [3.05, 3.63) is 12.2 Å². The molecule has 30 heavy (non-hydrogen) atoms. The van der Waals surface area contributed by atoms with Crippen molar-refractivity contribution in [1.82, 2.24) is 0 Å². The minimum Gasteiger partial charge on any atom is -0.463 e. The largest absolute Gasteiger partial charge is 0.463 e. The van der Waals surface area contributed by atoms with Crippen LogP contribution in [-0.4, -0.2) is 67.4 Å². The fourth-order valence-electron chi connectivity index (χ4n) is 1.97. The Bertz CT molecular complexity index is 328. The molecule has 0 aliphatic heterocycles. The Morgan fingerprint density at radius 3 is 1.03 bits per heavy atom. The van der Waals surface area contributed by atoms with E-state index in [1.807, 2.05) is 0 Å². The van der Waals surface area contributed by atoms with Crippen LogP contribution in [0.2, 0.25) is 17.7 Å². The summed E-state index contributed by atoms with van der Waals surface area (Å²) in [6.45, 7) is 13.1. The molecule has 0 aromatic heterocycles. The van der Waals surface area contributed by atoms with Crippen LogP contribution in [0.25, 0.3) is 0 Å². The van der Waals surface area contributed by atoms with Gasteiger partial charge in [0, 0.05) is 12.2 Å². The van der Waals surface area contributed by atoms with Crippen molar-refractivity contribution in [1.29, 1.82) is 0 Å². The predicted molar refractivity (Wildman–Crippen MR) is 133 cm³/mol. The van der Waals surface area contributed by atoms with Crippen molar-refractivity contribution in [3.63, 3.8) is 0 Å². The van der Waals surface area contributed by atoms with Gasteiger partial charge in [0.05, 0.1) is 13.2 Å². The first-order chi connectivity index (χ1) is 14.5. The van der Waals surface area contributed by atoms with Crippen LogP contribution in [0.4, 0.5) is 0 Å². The quantitative estimate of drug-likeness (QED) is 0.0798. The maximum atomic E-state index is 10.6. The van der Waals surface area contributed by atoms with Crippen LogP contribution in [0.15, 0.2) is 12.2 Å². The molecule has 0 rings (SSSR count). The second kappa shape index (κ2) is 33.9. The average molecular weight is 638 g/mol. The molecule has 0 aromatic carbocycles. The number of esters is 2. The van der Waals surface area contributed by atoms with E-state index in [0.29, 0.717) is 13.2 Å². The van der Waals surface area contributed by atoms with Gasteiger partial charge in [-0.1, -0.05) is 0 Å². The van der Waals surface area contributed by atoms with Gasteiger partial charge in [0.25, 0.3) is 0 Å². The maximum Gasteiger partial charge on any atom is 0.330 e. The minimum atomic E-state index is -0.537. The SMILES string of the molecule is CCC[CH2][Sn][CH2]CCC.CCC[CH2][Sn][CH2]CCC.CCOC(=O)/C=C\C(=O)OCC. The van der Waals surface area contributed by atoms with Gasteiger partial charge in [0.1, 0.15) is 0 Å². The summed E-state index contributed by atoms with van der Waals surface area (Å²) in [4.78, 5) is 21.3. The molecule has 0 saturated heterocycles. The molecule has 0 aliphatic carbocycles. The number of hydrogen-bond acceptors (Lipinski definition) is 4.